The summed E-state index contributed by atoms with van der Waals surface area (Å²) in [5.74, 6) is -0.0138. The SMILES string of the molecule is COC(=O)C1(C)CC2=C(O1)c1cccc3cccc(c13)C2=O. The lowest BCUT2D eigenvalue weighted by atomic mass is 9.85. The first-order valence-electron chi connectivity index (χ1n) is 7.12. The fraction of sp³-hybridized carbons (Fsp3) is 0.222. The van der Waals surface area contributed by atoms with E-state index in [4.69, 9.17) is 9.47 Å². The molecule has 2 aromatic rings. The van der Waals surface area contributed by atoms with Crippen molar-refractivity contribution in [2.45, 2.75) is 18.9 Å². The molecule has 1 heterocycles. The Morgan fingerprint density at radius 3 is 2.55 bits per heavy atom. The molecule has 1 aliphatic heterocycles. The van der Waals surface area contributed by atoms with E-state index in [2.05, 4.69) is 0 Å². The van der Waals surface area contributed by atoms with Gasteiger partial charge in [0.05, 0.1) is 7.11 Å². The Hall–Kier alpha value is -2.62. The molecule has 4 heteroatoms. The molecule has 4 nitrogen and oxygen atoms in total. The van der Waals surface area contributed by atoms with Crippen LogP contribution in [0, 0.1) is 0 Å². The fourth-order valence-corrected chi connectivity index (χ4v) is 3.35. The van der Waals surface area contributed by atoms with E-state index in [9.17, 15) is 9.59 Å². The topological polar surface area (TPSA) is 52.6 Å². The summed E-state index contributed by atoms with van der Waals surface area (Å²) in [6, 6.07) is 11.5. The minimum Gasteiger partial charge on any atom is -0.474 e. The molecule has 0 aromatic heterocycles. The molecule has 110 valence electrons. The summed E-state index contributed by atoms with van der Waals surface area (Å²) in [7, 11) is 1.32. The Kier molecular flexibility index (Phi) is 2.49. The van der Waals surface area contributed by atoms with Gasteiger partial charge in [0.1, 0.15) is 5.76 Å². The van der Waals surface area contributed by atoms with Gasteiger partial charge in [-0.05, 0) is 12.3 Å². The van der Waals surface area contributed by atoms with Crippen LogP contribution < -0.4 is 0 Å². The Bertz CT molecular complexity index is 873. The normalized spacial score (nSPS) is 22.5. The predicted molar refractivity (Wildman–Crippen MR) is 81.3 cm³/mol. The molecular weight excluding hydrogens is 280 g/mol. The summed E-state index contributed by atoms with van der Waals surface area (Å²) in [4.78, 5) is 24.8. The quantitative estimate of drug-likeness (QED) is 0.758. The molecule has 0 saturated heterocycles. The summed E-state index contributed by atoms with van der Waals surface area (Å²) in [5, 5.41) is 1.88. The van der Waals surface area contributed by atoms with Gasteiger partial charge < -0.3 is 9.47 Å². The van der Waals surface area contributed by atoms with Crippen LogP contribution in [0.3, 0.4) is 0 Å². The van der Waals surface area contributed by atoms with E-state index >= 15 is 0 Å². The summed E-state index contributed by atoms with van der Waals surface area (Å²) in [6.07, 6.45) is 0.235. The van der Waals surface area contributed by atoms with Crippen LogP contribution >= 0.6 is 0 Å². The van der Waals surface area contributed by atoms with Gasteiger partial charge in [0.15, 0.2) is 5.78 Å². The van der Waals surface area contributed by atoms with Crippen molar-refractivity contribution in [2.24, 2.45) is 0 Å². The molecule has 0 spiro atoms. The highest BCUT2D eigenvalue weighted by molar-refractivity contribution is 6.25. The molecule has 1 atom stereocenters. The summed E-state index contributed by atoms with van der Waals surface area (Å²) in [5.41, 5.74) is 0.957. The van der Waals surface area contributed by atoms with E-state index in [-0.39, 0.29) is 12.2 Å². The minimum absolute atomic E-state index is 0.0630. The highest BCUT2D eigenvalue weighted by atomic mass is 16.6. The van der Waals surface area contributed by atoms with Crippen molar-refractivity contribution in [3.8, 4) is 0 Å². The molecule has 0 amide bonds. The number of hydrogen-bond acceptors (Lipinski definition) is 4. The van der Waals surface area contributed by atoms with Crippen molar-refractivity contribution < 1.29 is 19.1 Å². The van der Waals surface area contributed by atoms with Gasteiger partial charge >= 0.3 is 5.97 Å². The first-order valence-corrected chi connectivity index (χ1v) is 7.12. The number of benzene rings is 2. The number of hydrogen-bond donors (Lipinski definition) is 0. The zero-order valence-corrected chi connectivity index (χ0v) is 12.3. The third-order valence-corrected chi connectivity index (χ3v) is 4.40. The smallest absolute Gasteiger partial charge is 0.350 e. The van der Waals surface area contributed by atoms with Crippen LogP contribution in [-0.4, -0.2) is 24.5 Å². The second kappa shape index (κ2) is 4.19. The number of esters is 1. The Balaban J connectivity index is 1.95. The maximum atomic E-state index is 12.8. The molecule has 4 rings (SSSR count). The molecule has 0 N–H and O–H groups in total. The number of carbonyl (C=O) groups excluding carboxylic acids is 2. The van der Waals surface area contributed by atoms with E-state index < -0.39 is 11.6 Å². The van der Waals surface area contributed by atoms with Crippen molar-refractivity contribution in [1.29, 1.82) is 0 Å². The van der Waals surface area contributed by atoms with Crippen molar-refractivity contribution in [1.82, 2.24) is 0 Å². The van der Waals surface area contributed by atoms with Gasteiger partial charge in [-0.25, -0.2) is 4.79 Å². The molecule has 0 radical (unpaired) electrons. The van der Waals surface area contributed by atoms with Gasteiger partial charge in [-0.3, -0.25) is 4.79 Å². The van der Waals surface area contributed by atoms with Gasteiger partial charge in [0.25, 0.3) is 0 Å². The van der Waals surface area contributed by atoms with E-state index in [1.807, 2.05) is 36.4 Å². The lowest BCUT2D eigenvalue weighted by Crippen LogP contribution is -2.36. The van der Waals surface area contributed by atoms with Crippen LogP contribution in [0.2, 0.25) is 0 Å². The lowest BCUT2D eigenvalue weighted by Gasteiger charge is -2.22. The van der Waals surface area contributed by atoms with Gasteiger partial charge in [-0.2, -0.15) is 0 Å². The largest absolute Gasteiger partial charge is 0.474 e. The van der Waals surface area contributed by atoms with Crippen LogP contribution in [0.25, 0.3) is 16.5 Å². The summed E-state index contributed by atoms with van der Waals surface area (Å²) < 4.78 is 10.7. The predicted octanol–water partition coefficient (Wildman–Crippen LogP) is 3.10. The van der Waals surface area contributed by atoms with E-state index in [1.165, 1.54) is 7.11 Å². The number of ketones is 1. The van der Waals surface area contributed by atoms with E-state index in [1.54, 1.807) is 6.92 Å². The van der Waals surface area contributed by atoms with Gasteiger partial charge in [0.2, 0.25) is 5.60 Å². The number of rotatable bonds is 1. The van der Waals surface area contributed by atoms with Gasteiger partial charge in [0, 0.05) is 28.5 Å². The highest BCUT2D eigenvalue weighted by Crippen LogP contribution is 2.46. The van der Waals surface area contributed by atoms with Gasteiger partial charge in [-0.1, -0.05) is 36.4 Å². The van der Waals surface area contributed by atoms with Crippen LogP contribution in [0.5, 0.6) is 0 Å². The van der Waals surface area contributed by atoms with Crippen LogP contribution in [-0.2, 0) is 14.3 Å². The summed E-state index contributed by atoms with van der Waals surface area (Å²) in [6.45, 7) is 1.66. The van der Waals surface area contributed by atoms with E-state index in [0.717, 1.165) is 16.3 Å². The van der Waals surface area contributed by atoms with Crippen molar-refractivity contribution in [3.05, 3.63) is 53.1 Å². The number of carbonyl (C=O) groups is 2. The standard InChI is InChI=1S/C18H14O4/c1-18(17(20)21-2)9-13-15(19)11-7-3-5-10-6-4-8-12(14(10)11)16(13)22-18/h3-8H,9H2,1-2H3. The maximum Gasteiger partial charge on any atom is 0.350 e. The monoisotopic (exact) mass is 294 g/mol. The first kappa shape index (κ1) is 13.1. The summed E-state index contributed by atoms with van der Waals surface area (Å²) >= 11 is 0. The second-order valence-electron chi connectivity index (χ2n) is 5.85. The maximum absolute atomic E-state index is 12.8. The Morgan fingerprint density at radius 1 is 1.18 bits per heavy atom. The molecule has 2 aliphatic rings. The van der Waals surface area contributed by atoms with Crippen LogP contribution in [0.1, 0.15) is 29.3 Å². The van der Waals surface area contributed by atoms with Crippen LogP contribution in [0.4, 0.5) is 0 Å². The van der Waals surface area contributed by atoms with Crippen molar-refractivity contribution >= 4 is 28.3 Å². The molecule has 22 heavy (non-hydrogen) atoms. The zero-order valence-electron chi connectivity index (χ0n) is 12.3. The third-order valence-electron chi connectivity index (χ3n) is 4.40. The fourth-order valence-electron chi connectivity index (χ4n) is 3.35. The molecule has 2 aromatic carbocycles. The zero-order chi connectivity index (χ0) is 15.5. The van der Waals surface area contributed by atoms with Crippen molar-refractivity contribution in [3.63, 3.8) is 0 Å². The lowest BCUT2D eigenvalue weighted by molar-refractivity contribution is -0.158. The molecular formula is C18H14O4. The molecule has 0 saturated carbocycles. The second-order valence-corrected chi connectivity index (χ2v) is 5.85. The van der Waals surface area contributed by atoms with Crippen LogP contribution in [0.15, 0.2) is 42.0 Å². The van der Waals surface area contributed by atoms with E-state index in [0.29, 0.717) is 16.9 Å². The van der Waals surface area contributed by atoms with Crippen molar-refractivity contribution in [2.75, 3.05) is 7.11 Å². The molecule has 1 aliphatic carbocycles. The molecule has 1 unspecified atom stereocenters. The minimum atomic E-state index is -1.14. The molecule has 0 fully saturated rings. The average Bonchev–Trinajstić information content (AvgIpc) is 2.91. The van der Waals surface area contributed by atoms with Gasteiger partial charge in [-0.15, -0.1) is 0 Å². The first-order chi connectivity index (χ1) is 10.5. The third kappa shape index (κ3) is 1.52. The Morgan fingerprint density at radius 2 is 1.86 bits per heavy atom. The highest BCUT2D eigenvalue weighted by Gasteiger charge is 2.48. The Labute approximate surface area is 127 Å². The number of Topliss-reactive ketones (excluding diaryl/α,β-unsaturated/α-hetero) is 1. The number of ether oxygens (including phenoxy) is 2. The molecule has 0 bridgehead atoms. The number of methoxy groups -OCH3 is 1. The average molecular weight is 294 g/mol. The number of fused-ring (bicyclic) bond motifs is 1.